The van der Waals surface area contributed by atoms with Crippen LogP contribution in [0.4, 0.5) is 5.82 Å². The summed E-state index contributed by atoms with van der Waals surface area (Å²) in [7, 11) is 0. The molecule has 3 aromatic rings. The van der Waals surface area contributed by atoms with Crippen molar-refractivity contribution in [2.75, 3.05) is 24.5 Å². The highest BCUT2D eigenvalue weighted by molar-refractivity contribution is 5.93. The van der Waals surface area contributed by atoms with E-state index in [0.717, 1.165) is 25.3 Å². The van der Waals surface area contributed by atoms with E-state index >= 15 is 0 Å². The van der Waals surface area contributed by atoms with Crippen LogP contribution in [-0.2, 0) is 0 Å². The summed E-state index contributed by atoms with van der Waals surface area (Å²) in [5, 5.41) is 19.0. The van der Waals surface area contributed by atoms with Gasteiger partial charge in [-0.25, -0.2) is 0 Å². The molecule has 4 heterocycles. The third-order valence-corrected chi connectivity index (χ3v) is 5.80. The molecule has 2 fully saturated rings. The van der Waals surface area contributed by atoms with Crippen LogP contribution in [-0.4, -0.2) is 50.8 Å². The first-order valence-corrected chi connectivity index (χ1v) is 8.84. The van der Waals surface area contributed by atoms with Gasteiger partial charge in [0, 0.05) is 25.0 Å². The van der Waals surface area contributed by atoms with Crippen molar-refractivity contribution in [2.24, 2.45) is 11.3 Å². The lowest BCUT2D eigenvalue weighted by Gasteiger charge is -2.29. The zero-order valence-corrected chi connectivity index (χ0v) is 14.2. The Morgan fingerprint density at radius 3 is 3.23 bits per heavy atom. The molecule has 5 rings (SSSR count). The minimum atomic E-state index is -0.0783. The smallest absolute Gasteiger partial charge is 0.254 e. The molecule has 0 radical (unpaired) electrons. The maximum absolute atomic E-state index is 12.3. The van der Waals surface area contributed by atoms with Crippen molar-refractivity contribution in [3.8, 4) is 0 Å². The number of hydrogen-bond acceptors (Lipinski definition) is 7. The first kappa shape index (κ1) is 15.3. The monoisotopic (exact) mass is 353 g/mol. The predicted octanol–water partition coefficient (Wildman–Crippen LogP) is 1.15. The van der Waals surface area contributed by atoms with Gasteiger partial charge in [-0.1, -0.05) is 6.42 Å². The van der Waals surface area contributed by atoms with Crippen LogP contribution >= 0.6 is 0 Å². The zero-order valence-electron chi connectivity index (χ0n) is 14.2. The van der Waals surface area contributed by atoms with E-state index in [9.17, 15) is 4.79 Å². The number of carbonyl (C=O) groups is 1. The van der Waals surface area contributed by atoms with Crippen molar-refractivity contribution < 1.29 is 9.21 Å². The van der Waals surface area contributed by atoms with Gasteiger partial charge in [-0.3, -0.25) is 4.79 Å². The summed E-state index contributed by atoms with van der Waals surface area (Å²) < 4.78 is 6.46. The van der Waals surface area contributed by atoms with E-state index in [1.807, 2.05) is 12.1 Å². The third kappa shape index (κ3) is 2.42. The molecule has 26 heavy (non-hydrogen) atoms. The van der Waals surface area contributed by atoms with Gasteiger partial charge >= 0.3 is 0 Å². The molecule has 9 heteroatoms. The maximum Gasteiger partial charge on any atom is 0.254 e. The highest BCUT2D eigenvalue weighted by Crippen LogP contribution is 2.49. The number of fused-ring (bicyclic) bond motifs is 2. The van der Waals surface area contributed by atoms with Gasteiger partial charge in [-0.2, -0.15) is 0 Å². The lowest BCUT2D eigenvalue weighted by molar-refractivity contribution is 0.0927. The minimum Gasteiger partial charge on any atom is -0.472 e. The van der Waals surface area contributed by atoms with E-state index in [1.54, 1.807) is 6.07 Å². The van der Waals surface area contributed by atoms with Gasteiger partial charge in [0.05, 0.1) is 11.8 Å². The Kier molecular flexibility index (Phi) is 3.41. The summed E-state index contributed by atoms with van der Waals surface area (Å²) in [5.74, 6) is 1.35. The molecule has 9 nitrogen and oxygen atoms in total. The Morgan fingerprint density at radius 1 is 1.38 bits per heavy atom. The molecule has 0 unspecified atom stereocenters. The normalized spacial score (nSPS) is 24.9. The second kappa shape index (κ2) is 5.79. The summed E-state index contributed by atoms with van der Waals surface area (Å²) >= 11 is 0. The molecule has 0 bridgehead atoms. The second-order valence-corrected chi connectivity index (χ2v) is 7.24. The number of hydrogen-bond donors (Lipinski definition) is 1. The van der Waals surface area contributed by atoms with Gasteiger partial charge in [0.25, 0.3) is 5.91 Å². The molecule has 1 amide bonds. The summed E-state index contributed by atoms with van der Waals surface area (Å²) in [5.41, 5.74) is 1.29. The zero-order chi connectivity index (χ0) is 17.6. The summed E-state index contributed by atoms with van der Waals surface area (Å²) in [6, 6.07) is 5.53. The van der Waals surface area contributed by atoms with Crippen LogP contribution in [0.15, 0.2) is 35.1 Å². The fraction of sp³-hybridized carbons (Fsp3) is 0.471. The van der Waals surface area contributed by atoms with Gasteiger partial charge in [-0.05, 0) is 47.4 Å². The molecule has 1 aliphatic heterocycles. The average molecular weight is 353 g/mol. The van der Waals surface area contributed by atoms with Crippen molar-refractivity contribution in [3.63, 3.8) is 0 Å². The number of rotatable bonds is 4. The lowest BCUT2D eigenvalue weighted by Crippen LogP contribution is -2.40. The van der Waals surface area contributed by atoms with Crippen LogP contribution in [0.3, 0.4) is 0 Å². The number of nitrogens with one attached hydrogen (secondary N) is 1. The lowest BCUT2D eigenvalue weighted by atomic mass is 9.80. The van der Waals surface area contributed by atoms with E-state index in [2.05, 4.69) is 30.8 Å². The molecule has 1 N–H and O–H groups in total. The molecule has 2 atom stereocenters. The molecular weight excluding hydrogens is 334 g/mol. The highest BCUT2D eigenvalue weighted by Gasteiger charge is 2.49. The third-order valence-electron chi connectivity index (χ3n) is 5.80. The number of nitrogens with zero attached hydrogens (tertiary/aromatic N) is 6. The molecule has 1 aliphatic carbocycles. The molecule has 3 aromatic heterocycles. The van der Waals surface area contributed by atoms with Gasteiger partial charge in [0.2, 0.25) is 0 Å². The predicted molar refractivity (Wildman–Crippen MR) is 91.6 cm³/mol. The van der Waals surface area contributed by atoms with Crippen molar-refractivity contribution in [1.82, 2.24) is 30.6 Å². The van der Waals surface area contributed by atoms with Crippen LogP contribution in [0.2, 0.25) is 0 Å². The van der Waals surface area contributed by atoms with Crippen LogP contribution in [0.25, 0.3) is 5.65 Å². The summed E-state index contributed by atoms with van der Waals surface area (Å²) in [4.78, 5) is 14.6. The highest BCUT2D eigenvalue weighted by atomic mass is 16.3. The van der Waals surface area contributed by atoms with E-state index in [4.69, 9.17) is 4.42 Å². The number of anilines is 1. The Morgan fingerprint density at radius 2 is 2.35 bits per heavy atom. The minimum absolute atomic E-state index is 0.0783. The van der Waals surface area contributed by atoms with E-state index in [-0.39, 0.29) is 11.3 Å². The van der Waals surface area contributed by atoms with E-state index < -0.39 is 0 Å². The standard InChI is InChI=1S/C17H19N7O2/c25-16(12-5-7-26-9-12)18-10-17-6-1-2-13(17)8-23(11-17)15-4-3-14-19-21-22-24(14)20-15/h3-5,7,9,13H,1-2,6,8,10-11H2,(H,18,25)/t13-,17-/m0/s1. The topological polar surface area (TPSA) is 101 Å². The molecular formula is C17H19N7O2. The Labute approximate surface area is 149 Å². The molecule has 0 aromatic carbocycles. The van der Waals surface area contributed by atoms with Gasteiger partial charge in [0.15, 0.2) is 11.5 Å². The average Bonchev–Trinajstić information content (AvgIpc) is 3.42. The Hall–Kier alpha value is -2.97. The van der Waals surface area contributed by atoms with E-state index in [1.165, 1.54) is 30.0 Å². The first-order chi connectivity index (χ1) is 12.7. The van der Waals surface area contributed by atoms with E-state index in [0.29, 0.717) is 23.7 Å². The van der Waals surface area contributed by atoms with Gasteiger partial charge < -0.3 is 14.6 Å². The Balaban J connectivity index is 1.34. The van der Waals surface area contributed by atoms with Crippen molar-refractivity contribution in [1.29, 1.82) is 0 Å². The molecule has 1 saturated carbocycles. The number of amides is 1. The fourth-order valence-corrected chi connectivity index (χ4v) is 4.44. The number of carbonyl (C=O) groups excluding carboxylic acids is 1. The Bertz CT molecular complexity index is 938. The van der Waals surface area contributed by atoms with Crippen LogP contribution in [0, 0.1) is 11.3 Å². The number of furan rings is 1. The maximum atomic E-state index is 12.3. The summed E-state index contributed by atoms with van der Waals surface area (Å²) in [6.07, 6.45) is 6.51. The van der Waals surface area contributed by atoms with Crippen LogP contribution in [0.1, 0.15) is 29.6 Å². The van der Waals surface area contributed by atoms with Gasteiger partial charge in [-0.15, -0.1) is 14.8 Å². The van der Waals surface area contributed by atoms with Crippen molar-refractivity contribution in [2.45, 2.75) is 19.3 Å². The fourth-order valence-electron chi connectivity index (χ4n) is 4.44. The van der Waals surface area contributed by atoms with Gasteiger partial charge in [0.1, 0.15) is 6.26 Å². The SMILES string of the molecule is O=C(NC[C@]12CCC[C@H]1CN(c1ccc3nnnn3n1)C2)c1ccoc1. The van der Waals surface area contributed by atoms with Crippen LogP contribution < -0.4 is 10.2 Å². The first-order valence-electron chi connectivity index (χ1n) is 8.84. The molecule has 1 saturated heterocycles. The van der Waals surface area contributed by atoms with Crippen LogP contribution in [0.5, 0.6) is 0 Å². The quantitative estimate of drug-likeness (QED) is 0.750. The summed E-state index contributed by atoms with van der Waals surface area (Å²) in [6.45, 7) is 2.50. The molecule has 134 valence electrons. The number of tetrazole rings is 1. The van der Waals surface area contributed by atoms with Crippen molar-refractivity contribution >= 4 is 17.4 Å². The van der Waals surface area contributed by atoms with Crippen molar-refractivity contribution in [3.05, 3.63) is 36.3 Å². The molecule has 0 spiro atoms. The second-order valence-electron chi connectivity index (χ2n) is 7.24. The largest absolute Gasteiger partial charge is 0.472 e. The molecule has 2 aliphatic rings. The number of aromatic nitrogens is 5.